The van der Waals surface area contributed by atoms with Gasteiger partial charge in [-0.05, 0) is 53.1 Å². The van der Waals surface area contributed by atoms with E-state index in [1.807, 2.05) is 30.3 Å². The van der Waals surface area contributed by atoms with Crippen molar-refractivity contribution in [3.05, 3.63) is 66.5 Å². The molecular weight excluding hydrogens is 370 g/mol. The highest BCUT2D eigenvalue weighted by molar-refractivity contribution is 5.77. The van der Waals surface area contributed by atoms with Gasteiger partial charge in [0.15, 0.2) is 6.61 Å². The quantitative estimate of drug-likeness (QED) is 0.659. The van der Waals surface area contributed by atoms with Gasteiger partial charge in [-0.25, -0.2) is 4.68 Å². The van der Waals surface area contributed by atoms with Crippen molar-refractivity contribution in [2.45, 2.75) is 18.3 Å². The Morgan fingerprint density at radius 2 is 1.86 bits per heavy atom. The van der Waals surface area contributed by atoms with Crippen LogP contribution in [0.25, 0.3) is 5.69 Å². The number of carbonyl (C=O) groups is 1. The maximum Gasteiger partial charge on any atom is 0.257 e. The number of nitrogens with one attached hydrogen (secondary N) is 1. The molecule has 8 heteroatoms. The Hall–Kier alpha value is -3.26. The van der Waals surface area contributed by atoms with Crippen molar-refractivity contribution in [3.63, 3.8) is 0 Å². The lowest BCUT2D eigenvalue weighted by Gasteiger charge is -2.38. The first-order valence-electron chi connectivity index (χ1n) is 9.61. The predicted octanol–water partition coefficient (Wildman–Crippen LogP) is 1.91. The Kier molecular flexibility index (Phi) is 5.81. The molecule has 2 aromatic carbocycles. The van der Waals surface area contributed by atoms with Gasteiger partial charge in [-0.3, -0.25) is 4.79 Å². The van der Waals surface area contributed by atoms with E-state index in [1.165, 1.54) is 11.9 Å². The summed E-state index contributed by atoms with van der Waals surface area (Å²) < 4.78 is 12.7. The molecule has 2 heterocycles. The van der Waals surface area contributed by atoms with E-state index in [2.05, 4.69) is 33.0 Å². The fraction of sp³-hybridized carbons (Fsp3) is 0.333. The minimum Gasteiger partial charge on any atom is -0.484 e. The molecule has 3 aromatic rings. The third kappa shape index (κ3) is 4.60. The SMILES string of the molecule is O=C(COc1ccc(-n2cnnn2)cc1)NCC1(c2ccccc2)CCOCC1. The van der Waals surface area contributed by atoms with Gasteiger partial charge in [-0.15, -0.1) is 5.10 Å². The molecule has 0 radical (unpaired) electrons. The molecular formula is C21H23N5O3. The van der Waals surface area contributed by atoms with Crippen LogP contribution in [0.1, 0.15) is 18.4 Å². The lowest BCUT2D eigenvalue weighted by molar-refractivity contribution is -0.123. The number of hydrogen-bond donors (Lipinski definition) is 1. The second-order valence-electron chi connectivity index (χ2n) is 7.07. The molecule has 1 amide bonds. The van der Waals surface area contributed by atoms with Gasteiger partial charge in [0.2, 0.25) is 0 Å². The first-order valence-corrected chi connectivity index (χ1v) is 9.61. The van der Waals surface area contributed by atoms with Crippen molar-refractivity contribution in [1.82, 2.24) is 25.5 Å². The van der Waals surface area contributed by atoms with E-state index in [-0.39, 0.29) is 17.9 Å². The van der Waals surface area contributed by atoms with Crippen molar-refractivity contribution < 1.29 is 14.3 Å². The van der Waals surface area contributed by atoms with E-state index < -0.39 is 0 Å². The van der Waals surface area contributed by atoms with Crippen molar-refractivity contribution in [2.75, 3.05) is 26.4 Å². The van der Waals surface area contributed by atoms with E-state index in [1.54, 1.807) is 16.8 Å². The fourth-order valence-corrected chi connectivity index (χ4v) is 3.56. The molecule has 0 spiro atoms. The number of nitrogens with zero attached hydrogens (tertiary/aromatic N) is 4. The van der Waals surface area contributed by atoms with Crippen molar-refractivity contribution in [3.8, 4) is 11.4 Å². The fourth-order valence-electron chi connectivity index (χ4n) is 3.56. The zero-order valence-electron chi connectivity index (χ0n) is 16.0. The molecule has 150 valence electrons. The van der Waals surface area contributed by atoms with Crippen LogP contribution in [0, 0.1) is 0 Å². The van der Waals surface area contributed by atoms with E-state index in [4.69, 9.17) is 9.47 Å². The summed E-state index contributed by atoms with van der Waals surface area (Å²) in [6.07, 6.45) is 3.29. The third-order valence-corrected chi connectivity index (χ3v) is 5.28. The molecule has 1 aliphatic rings. The average molecular weight is 393 g/mol. The van der Waals surface area contributed by atoms with Gasteiger partial charge < -0.3 is 14.8 Å². The summed E-state index contributed by atoms with van der Waals surface area (Å²) in [5, 5.41) is 14.1. The highest BCUT2D eigenvalue weighted by atomic mass is 16.5. The predicted molar refractivity (Wildman–Crippen MR) is 106 cm³/mol. The van der Waals surface area contributed by atoms with E-state index >= 15 is 0 Å². The molecule has 0 atom stereocenters. The zero-order valence-corrected chi connectivity index (χ0v) is 16.0. The molecule has 4 rings (SSSR count). The minimum atomic E-state index is -0.142. The van der Waals surface area contributed by atoms with Crippen LogP contribution < -0.4 is 10.1 Å². The topological polar surface area (TPSA) is 91.2 Å². The van der Waals surface area contributed by atoms with Crippen LogP contribution in [0.2, 0.25) is 0 Å². The molecule has 0 bridgehead atoms. The number of tetrazole rings is 1. The van der Waals surface area contributed by atoms with Gasteiger partial charge in [-0.2, -0.15) is 0 Å². The third-order valence-electron chi connectivity index (χ3n) is 5.28. The Balaban J connectivity index is 1.32. The highest BCUT2D eigenvalue weighted by Crippen LogP contribution is 2.34. The smallest absolute Gasteiger partial charge is 0.257 e. The molecule has 1 N–H and O–H groups in total. The molecule has 0 saturated carbocycles. The number of rotatable bonds is 7. The maximum atomic E-state index is 12.4. The summed E-state index contributed by atoms with van der Waals surface area (Å²) in [5.74, 6) is 0.470. The summed E-state index contributed by atoms with van der Waals surface area (Å²) in [6.45, 7) is 1.94. The number of ether oxygens (including phenoxy) is 2. The van der Waals surface area contributed by atoms with Crippen molar-refractivity contribution in [1.29, 1.82) is 0 Å². The summed E-state index contributed by atoms with van der Waals surface area (Å²) in [5.41, 5.74) is 1.96. The van der Waals surface area contributed by atoms with E-state index in [9.17, 15) is 4.79 Å². The molecule has 1 fully saturated rings. The lowest BCUT2D eigenvalue weighted by atomic mass is 9.74. The Morgan fingerprint density at radius 1 is 1.10 bits per heavy atom. The monoisotopic (exact) mass is 393 g/mol. The largest absolute Gasteiger partial charge is 0.484 e. The molecule has 1 saturated heterocycles. The van der Waals surface area contributed by atoms with E-state index in [0.29, 0.717) is 25.5 Å². The molecule has 0 unspecified atom stereocenters. The first kappa shape index (κ1) is 19.1. The number of hydrogen-bond acceptors (Lipinski definition) is 6. The van der Waals surface area contributed by atoms with Crippen LogP contribution in [0.3, 0.4) is 0 Å². The Bertz CT molecular complexity index is 907. The van der Waals surface area contributed by atoms with Crippen LogP contribution in [0.5, 0.6) is 5.75 Å². The highest BCUT2D eigenvalue weighted by Gasteiger charge is 2.34. The molecule has 0 aliphatic carbocycles. The molecule has 1 aliphatic heterocycles. The first-order chi connectivity index (χ1) is 14.3. The van der Waals surface area contributed by atoms with E-state index in [0.717, 1.165) is 18.5 Å². The second-order valence-corrected chi connectivity index (χ2v) is 7.07. The average Bonchev–Trinajstić information content (AvgIpc) is 3.33. The van der Waals surface area contributed by atoms with Crippen molar-refractivity contribution in [2.24, 2.45) is 0 Å². The standard InChI is InChI=1S/C21H23N5O3/c27-20(14-29-19-8-6-18(7-9-19)26-16-23-24-25-26)22-15-21(10-12-28-13-11-21)17-4-2-1-3-5-17/h1-9,16H,10-15H2,(H,22,27). The zero-order chi connectivity index (χ0) is 19.9. The van der Waals surface area contributed by atoms with Crippen LogP contribution in [-0.2, 0) is 14.9 Å². The van der Waals surface area contributed by atoms with Gasteiger partial charge in [0, 0.05) is 25.2 Å². The number of aromatic nitrogens is 4. The van der Waals surface area contributed by atoms with Gasteiger partial charge >= 0.3 is 0 Å². The van der Waals surface area contributed by atoms with Crippen molar-refractivity contribution >= 4 is 5.91 Å². The minimum absolute atomic E-state index is 0.0361. The van der Waals surface area contributed by atoms with Crippen LogP contribution in [0.15, 0.2) is 60.9 Å². The number of amides is 1. The van der Waals surface area contributed by atoms with Crippen LogP contribution in [-0.4, -0.2) is 52.5 Å². The van der Waals surface area contributed by atoms with Gasteiger partial charge in [0.05, 0.1) is 5.69 Å². The Morgan fingerprint density at radius 3 is 2.55 bits per heavy atom. The molecule has 8 nitrogen and oxygen atoms in total. The summed E-state index contributed by atoms with van der Waals surface area (Å²) in [7, 11) is 0. The number of benzene rings is 2. The normalized spacial score (nSPS) is 15.6. The summed E-state index contributed by atoms with van der Waals surface area (Å²) in [4.78, 5) is 12.4. The van der Waals surface area contributed by atoms with Crippen LogP contribution in [0.4, 0.5) is 0 Å². The van der Waals surface area contributed by atoms with Gasteiger partial charge in [0.25, 0.3) is 5.91 Å². The molecule has 29 heavy (non-hydrogen) atoms. The Labute approximate surface area is 168 Å². The lowest BCUT2D eigenvalue weighted by Crippen LogP contribution is -2.45. The second kappa shape index (κ2) is 8.83. The summed E-state index contributed by atoms with van der Waals surface area (Å²) >= 11 is 0. The molecule has 1 aromatic heterocycles. The summed E-state index contributed by atoms with van der Waals surface area (Å²) in [6, 6.07) is 17.6. The van der Waals surface area contributed by atoms with Crippen LogP contribution >= 0.6 is 0 Å². The maximum absolute atomic E-state index is 12.4. The number of carbonyl (C=O) groups excluding carboxylic acids is 1. The van der Waals surface area contributed by atoms with Gasteiger partial charge in [-0.1, -0.05) is 30.3 Å². The van der Waals surface area contributed by atoms with Gasteiger partial charge in [0.1, 0.15) is 12.1 Å².